The SMILES string of the molecule is CN1CC2(CNc3ccccc32)c2ccccc21. The molecule has 0 fully saturated rings. The van der Waals surface area contributed by atoms with E-state index in [9.17, 15) is 0 Å². The minimum Gasteiger partial charge on any atom is -0.383 e. The van der Waals surface area contributed by atoms with Gasteiger partial charge in [0.25, 0.3) is 0 Å². The van der Waals surface area contributed by atoms with E-state index in [4.69, 9.17) is 0 Å². The van der Waals surface area contributed by atoms with Crippen molar-refractivity contribution in [3.05, 3.63) is 59.7 Å². The predicted molar refractivity (Wildman–Crippen MR) is 75.4 cm³/mol. The molecule has 1 N–H and O–H groups in total. The van der Waals surface area contributed by atoms with Gasteiger partial charge in [-0.3, -0.25) is 0 Å². The zero-order chi connectivity index (χ0) is 12.2. The average Bonchev–Trinajstić information content (AvgIpc) is 2.92. The van der Waals surface area contributed by atoms with Crippen LogP contribution >= 0.6 is 0 Å². The van der Waals surface area contributed by atoms with Gasteiger partial charge in [0.15, 0.2) is 0 Å². The molecule has 4 rings (SSSR count). The van der Waals surface area contributed by atoms with Crippen LogP contribution in [-0.4, -0.2) is 20.1 Å². The number of anilines is 2. The number of fused-ring (bicyclic) bond motifs is 4. The zero-order valence-electron chi connectivity index (χ0n) is 10.5. The van der Waals surface area contributed by atoms with Crippen LogP contribution in [0.4, 0.5) is 11.4 Å². The third kappa shape index (κ3) is 1.08. The first-order valence-electron chi connectivity index (χ1n) is 6.45. The lowest BCUT2D eigenvalue weighted by atomic mass is 9.78. The molecule has 2 heterocycles. The standard InChI is InChI=1S/C16H16N2/c1-18-11-16(13-7-3-5-9-15(13)18)10-17-14-8-4-2-6-12(14)16/h2-9,17H,10-11H2,1H3. The first kappa shape index (κ1) is 10.0. The summed E-state index contributed by atoms with van der Waals surface area (Å²) in [6.07, 6.45) is 0. The van der Waals surface area contributed by atoms with Crippen molar-refractivity contribution in [2.24, 2.45) is 0 Å². The van der Waals surface area contributed by atoms with E-state index in [-0.39, 0.29) is 5.41 Å². The van der Waals surface area contributed by atoms with Crippen molar-refractivity contribution in [2.45, 2.75) is 5.41 Å². The largest absolute Gasteiger partial charge is 0.383 e. The van der Waals surface area contributed by atoms with Crippen LogP contribution in [0.1, 0.15) is 11.1 Å². The Kier molecular flexibility index (Phi) is 1.83. The predicted octanol–water partition coefficient (Wildman–Crippen LogP) is 2.85. The minimum atomic E-state index is 0.141. The molecule has 1 atom stereocenters. The van der Waals surface area contributed by atoms with E-state index in [1.165, 1.54) is 22.5 Å². The summed E-state index contributed by atoms with van der Waals surface area (Å²) in [5, 5.41) is 3.57. The molecule has 2 aliphatic rings. The first-order valence-corrected chi connectivity index (χ1v) is 6.45. The van der Waals surface area contributed by atoms with Crippen molar-refractivity contribution < 1.29 is 0 Å². The maximum absolute atomic E-state index is 3.57. The highest BCUT2D eigenvalue weighted by molar-refractivity contribution is 5.73. The molecule has 0 aromatic heterocycles. The van der Waals surface area contributed by atoms with Crippen molar-refractivity contribution in [2.75, 3.05) is 30.4 Å². The van der Waals surface area contributed by atoms with Gasteiger partial charge in [-0.25, -0.2) is 0 Å². The molecule has 0 saturated carbocycles. The molecule has 0 aliphatic carbocycles. The molecule has 2 aromatic rings. The Bertz CT molecular complexity index is 620. The Morgan fingerprint density at radius 2 is 1.72 bits per heavy atom. The van der Waals surface area contributed by atoms with Gasteiger partial charge < -0.3 is 10.2 Å². The molecule has 2 heteroatoms. The van der Waals surface area contributed by atoms with E-state index < -0.39 is 0 Å². The second-order valence-corrected chi connectivity index (χ2v) is 5.35. The molecule has 2 nitrogen and oxygen atoms in total. The fourth-order valence-electron chi connectivity index (χ4n) is 3.56. The van der Waals surface area contributed by atoms with E-state index in [1.54, 1.807) is 0 Å². The topological polar surface area (TPSA) is 15.3 Å². The summed E-state index contributed by atoms with van der Waals surface area (Å²) < 4.78 is 0. The monoisotopic (exact) mass is 236 g/mol. The lowest BCUT2D eigenvalue weighted by Crippen LogP contribution is -2.34. The van der Waals surface area contributed by atoms with Crippen LogP contribution in [0.15, 0.2) is 48.5 Å². The Morgan fingerprint density at radius 3 is 2.61 bits per heavy atom. The van der Waals surface area contributed by atoms with Gasteiger partial charge in [0, 0.05) is 31.5 Å². The molecule has 0 bridgehead atoms. The number of hydrogen-bond donors (Lipinski definition) is 1. The highest BCUT2D eigenvalue weighted by atomic mass is 15.2. The maximum atomic E-state index is 3.57. The average molecular weight is 236 g/mol. The van der Waals surface area contributed by atoms with Gasteiger partial charge in [0.1, 0.15) is 0 Å². The number of para-hydroxylation sites is 2. The van der Waals surface area contributed by atoms with Crippen molar-refractivity contribution in [3.8, 4) is 0 Å². The van der Waals surface area contributed by atoms with Crippen LogP contribution in [0.25, 0.3) is 0 Å². The number of likely N-dealkylation sites (N-methyl/N-ethyl adjacent to an activating group) is 1. The normalized spacial score (nSPS) is 23.9. The molecular formula is C16H16N2. The van der Waals surface area contributed by atoms with Crippen LogP contribution in [0.5, 0.6) is 0 Å². The van der Waals surface area contributed by atoms with Crippen molar-refractivity contribution in [3.63, 3.8) is 0 Å². The number of hydrogen-bond acceptors (Lipinski definition) is 2. The van der Waals surface area contributed by atoms with Crippen molar-refractivity contribution in [1.82, 2.24) is 0 Å². The fourth-order valence-corrected chi connectivity index (χ4v) is 3.56. The Labute approximate surface area is 107 Å². The Balaban J connectivity index is 1.98. The van der Waals surface area contributed by atoms with Crippen LogP contribution in [0.3, 0.4) is 0 Å². The van der Waals surface area contributed by atoms with Gasteiger partial charge in [-0.2, -0.15) is 0 Å². The number of nitrogens with zero attached hydrogens (tertiary/aromatic N) is 1. The molecule has 2 aliphatic heterocycles. The maximum Gasteiger partial charge on any atom is 0.0590 e. The second kappa shape index (κ2) is 3.29. The van der Waals surface area contributed by atoms with E-state index in [2.05, 4.69) is 65.8 Å². The minimum absolute atomic E-state index is 0.141. The second-order valence-electron chi connectivity index (χ2n) is 5.35. The first-order chi connectivity index (χ1) is 8.81. The fraction of sp³-hybridized carbons (Fsp3) is 0.250. The lowest BCUT2D eigenvalue weighted by molar-refractivity contribution is 0.605. The number of nitrogens with one attached hydrogen (secondary N) is 1. The summed E-state index contributed by atoms with van der Waals surface area (Å²) in [5.41, 5.74) is 5.72. The van der Waals surface area contributed by atoms with Crippen molar-refractivity contribution >= 4 is 11.4 Å². The lowest BCUT2D eigenvalue weighted by Gasteiger charge is -2.24. The van der Waals surface area contributed by atoms with Gasteiger partial charge in [-0.05, 0) is 23.3 Å². The van der Waals surface area contributed by atoms with Gasteiger partial charge in [0.2, 0.25) is 0 Å². The Morgan fingerprint density at radius 1 is 1.00 bits per heavy atom. The third-order valence-electron chi connectivity index (χ3n) is 4.36. The highest BCUT2D eigenvalue weighted by Crippen LogP contribution is 2.49. The van der Waals surface area contributed by atoms with Gasteiger partial charge in [0.05, 0.1) is 5.41 Å². The van der Waals surface area contributed by atoms with Crippen LogP contribution in [0, 0.1) is 0 Å². The molecule has 1 unspecified atom stereocenters. The smallest absolute Gasteiger partial charge is 0.0590 e. The molecule has 0 amide bonds. The molecule has 0 radical (unpaired) electrons. The van der Waals surface area contributed by atoms with Gasteiger partial charge in [-0.1, -0.05) is 36.4 Å². The summed E-state index contributed by atoms with van der Waals surface area (Å²) in [5.74, 6) is 0. The molecule has 2 aromatic carbocycles. The van der Waals surface area contributed by atoms with Crippen LogP contribution < -0.4 is 10.2 Å². The summed E-state index contributed by atoms with van der Waals surface area (Å²) in [6.45, 7) is 2.07. The summed E-state index contributed by atoms with van der Waals surface area (Å²) in [4.78, 5) is 2.37. The number of benzene rings is 2. The quantitative estimate of drug-likeness (QED) is 0.756. The summed E-state index contributed by atoms with van der Waals surface area (Å²) in [6, 6.07) is 17.5. The van der Waals surface area contributed by atoms with Crippen LogP contribution in [-0.2, 0) is 5.41 Å². The third-order valence-corrected chi connectivity index (χ3v) is 4.36. The molecule has 18 heavy (non-hydrogen) atoms. The highest BCUT2D eigenvalue weighted by Gasteiger charge is 2.46. The van der Waals surface area contributed by atoms with Crippen molar-refractivity contribution in [1.29, 1.82) is 0 Å². The molecule has 0 saturated heterocycles. The zero-order valence-corrected chi connectivity index (χ0v) is 10.5. The summed E-state index contributed by atoms with van der Waals surface area (Å²) in [7, 11) is 2.19. The van der Waals surface area contributed by atoms with Gasteiger partial charge in [-0.15, -0.1) is 0 Å². The molecule has 1 spiro atoms. The Hall–Kier alpha value is -1.96. The van der Waals surface area contributed by atoms with E-state index in [1.807, 2.05) is 0 Å². The van der Waals surface area contributed by atoms with E-state index in [0.29, 0.717) is 0 Å². The number of rotatable bonds is 0. The summed E-state index contributed by atoms with van der Waals surface area (Å²) >= 11 is 0. The molecular weight excluding hydrogens is 220 g/mol. The molecule has 90 valence electrons. The van der Waals surface area contributed by atoms with E-state index >= 15 is 0 Å². The van der Waals surface area contributed by atoms with E-state index in [0.717, 1.165) is 13.1 Å². The van der Waals surface area contributed by atoms with Crippen LogP contribution in [0.2, 0.25) is 0 Å². The van der Waals surface area contributed by atoms with Gasteiger partial charge >= 0.3 is 0 Å².